The standard InChI is InChI=1S/C11H11N3O2/c1-14-7-6-10(13-14)12-11(16)8-2-4-9(15)5-3-8/h2-7,15H,1H3,(H,12,13,16). The molecule has 0 saturated heterocycles. The fraction of sp³-hybridized carbons (Fsp3) is 0.0909. The molecule has 16 heavy (non-hydrogen) atoms. The molecular weight excluding hydrogens is 206 g/mol. The molecule has 1 aromatic carbocycles. The molecule has 0 aliphatic heterocycles. The van der Waals surface area contributed by atoms with Crippen LogP contribution in [-0.4, -0.2) is 20.8 Å². The number of hydrogen-bond donors (Lipinski definition) is 2. The maximum Gasteiger partial charge on any atom is 0.256 e. The van der Waals surface area contributed by atoms with Gasteiger partial charge in [-0.25, -0.2) is 0 Å². The Hall–Kier alpha value is -2.30. The molecule has 0 atom stereocenters. The molecule has 0 unspecified atom stereocenters. The minimum absolute atomic E-state index is 0.134. The van der Waals surface area contributed by atoms with Gasteiger partial charge in [-0.15, -0.1) is 0 Å². The number of hydrogen-bond acceptors (Lipinski definition) is 3. The number of nitrogens with one attached hydrogen (secondary N) is 1. The Balaban J connectivity index is 2.11. The van der Waals surface area contributed by atoms with E-state index in [0.29, 0.717) is 11.4 Å². The van der Waals surface area contributed by atoms with Gasteiger partial charge >= 0.3 is 0 Å². The van der Waals surface area contributed by atoms with E-state index in [9.17, 15) is 4.79 Å². The molecule has 0 radical (unpaired) electrons. The average Bonchev–Trinajstić information content (AvgIpc) is 2.65. The SMILES string of the molecule is Cn1ccc(NC(=O)c2ccc(O)cc2)n1. The number of benzene rings is 1. The van der Waals surface area contributed by atoms with Gasteiger partial charge in [-0.1, -0.05) is 0 Å². The van der Waals surface area contributed by atoms with E-state index in [-0.39, 0.29) is 11.7 Å². The van der Waals surface area contributed by atoms with Crippen LogP contribution >= 0.6 is 0 Å². The van der Waals surface area contributed by atoms with Crippen LogP contribution in [0.4, 0.5) is 5.82 Å². The van der Waals surface area contributed by atoms with Gasteiger partial charge in [0.2, 0.25) is 0 Å². The van der Waals surface area contributed by atoms with Crippen molar-refractivity contribution in [2.75, 3.05) is 5.32 Å². The average molecular weight is 217 g/mol. The Morgan fingerprint density at radius 1 is 1.31 bits per heavy atom. The van der Waals surface area contributed by atoms with E-state index in [2.05, 4.69) is 10.4 Å². The summed E-state index contributed by atoms with van der Waals surface area (Å²) < 4.78 is 1.60. The number of carbonyl (C=O) groups is 1. The molecule has 0 aliphatic carbocycles. The Kier molecular flexibility index (Phi) is 2.59. The number of aryl methyl sites for hydroxylation is 1. The summed E-state index contributed by atoms with van der Waals surface area (Å²) in [5.41, 5.74) is 0.475. The van der Waals surface area contributed by atoms with Crippen LogP contribution in [0.5, 0.6) is 5.75 Å². The first-order chi connectivity index (χ1) is 7.65. The van der Waals surface area contributed by atoms with Crippen LogP contribution in [0.2, 0.25) is 0 Å². The number of aromatic nitrogens is 2. The fourth-order valence-electron chi connectivity index (χ4n) is 1.28. The van der Waals surface area contributed by atoms with Crippen molar-refractivity contribution in [3.05, 3.63) is 42.1 Å². The predicted molar refractivity (Wildman–Crippen MR) is 59.3 cm³/mol. The van der Waals surface area contributed by atoms with Crippen molar-refractivity contribution in [3.63, 3.8) is 0 Å². The molecule has 0 aliphatic rings. The van der Waals surface area contributed by atoms with E-state index in [4.69, 9.17) is 5.11 Å². The van der Waals surface area contributed by atoms with Crippen molar-refractivity contribution < 1.29 is 9.90 Å². The monoisotopic (exact) mass is 217 g/mol. The number of amides is 1. The van der Waals surface area contributed by atoms with Gasteiger partial charge in [-0.2, -0.15) is 5.10 Å². The van der Waals surface area contributed by atoms with E-state index in [1.165, 1.54) is 12.1 Å². The Morgan fingerprint density at radius 2 is 2.00 bits per heavy atom. The first-order valence-corrected chi connectivity index (χ1v) is 4.75. The molecular formula is C11H11N3O2. The molecule has 1 heterocycles. The lowest BCUT2D eigenvalue weighted by Gasteiger charge is -2.01. The lowest BCUT2D eigenvalue weighted by atomic mass is 10.2. The number of anilines is 1. The van der Waals surface area contributed by atoms with Gasteiger partial charge in [0.25, 0.3) is 5.91 Å². The summed E-state index contributed by atoms with van der Waals surface area (Å²) in [5.74, 6) is 0.383. The number of rotatable bonds is 2. The third-order valence-electron chi connectivity index (χ3n) is 2.08. The molecule has 0 bridgehead atoms. The quantitative estimate of drug-likeness (QED) is 0.798. The molecule has 0 saturated carbocycles. The van der Waals surface area contributed by atoms with Crippen molar-refractivity contribution in [1.29, 1.82) is 0 Å². The van der Waals surface area contributed by atoms with Gasteiger partial charge in [0.15, 0.2) is 5.82 Å². The summed E-state index contributed by atoms with van der Waals surface area (Å²) in [5, 5.41) is 15.8. The van der Waals surface area contributed by atoms with Crippen LogP contribution in [-0.2, 0) is 7.05 Å². The summed E-state index contributed by atoms with van der Waals surface area (Å²) in [6.07, 6.45) is 1.74. The highest BCUT2D eigenvalue weighted by Crippen LogP contribution is 2.11. The van der Waals surface area contributed by atoms with E-state index in [0.717, 1.165) is 0 Å². The lowest BCUT2D eigenvalue weighted by molar-refractivity contribution is 0.102. The molecule has 1 amide bonds. The number of aromatic hydroxyl groups is 1. The first-order valence-electron chi connectivity index (χ1n) is 4.75. The van der Waals surface area contributed by atoms with Crippen LogP contribution in [0.15, 0.2) is 36.5 Å². The topological polar surface area (TPSA) is 67.2 Å². The summed E-state index contributed by atoms with van der Waals surface area (Å²) in [7, 11) is 1.77. The van der Waals surface area contributed by atoms with Crippen LogP contribution < -0.4 is 5.32 Å². The van der Waals surface area contributed by atoms with E-state index >= 15 is 0 Å². The van der Waals surface area contributed by atoms with Gasteiger partial charge in [0, 0.05) is 24.9 Å². The Bertz CT molecular complexity index is 502. The molecule has 82 valence electrons. The van der Waals surface area contributed by atoms with Gasteiger partial charge in [-0.3, -0.25) is 9.48 Å². The third kappa shape index (κ3) is 2.20. The van der Waals surface area contributed by atoms with Crippen molar-refractivity contribution in [2.45, 2.75) is 0 Å². The molecule has 2 rings (SSSR count). The maximum atomic E-state index is 11.7. The predicted octanol–water partition coefficient (Wildman–Crippen LogP) is 1.38. The van der Waals surface area contributed by atoms with E-state index in [1.54, 1.807) is 36.1 Å². The largest absolute Gasteiger partial charge is 0.508 e. The van der Waals surface area contributed by atoms with E-state index in [1.807, 2.05) is 0 Å². The highest BCUT2D eigenvalue weighted by atomic mass is 16.3. The smallest absolute Gasteiger partial charge is 0.256 e. The van der Waals surface area contributed by atoms with Crippen molar-refractivity contribution in [2.24, 2.45) is 7.05 Å². The second-order valence-corrected chi connectivity index (χ2v) is 3.38. The van der Waals surface area contributed by atoms with Crippen molar-refractivity contribution in [3.8, 4) is 5.75 Å². The third-order valence-corrected chi connectivity index (χ3v) is 2.08. The maximum absolute atomic E-state index is 11.7. The summed E-state index contributed by atoms with van der Waals surface area (Å²) in [6.45, 7) is 0. The number of phenols is 1. The number of nitrogens with zero attached hydrogens (tertiary/aromatic N) is 2. The zero-order chi connectivity index (χ0) is 11.5. The Morgan fingerprint density at radius 3 is 2.56 bits per heavy atom. The highest BCUT2D eigenvalue weighted by molar-refractivity contribution is 6.03. The van der Waals surface area contributed by atoms with Gasteiger partial charge in [-0.05, 0) is 24.3 Å². The highest BCUT2D eigenvalue weighted by Gasteiger charge is 2.06. The van der Waals surface area contributed by atoms with Crippen LogP contribution in [0.1, 0.15) is 10.4 Å². The van der Waals surface area contributed by atoms with Crippen LogP contribution in [0.25, 0.3) is 0 Å². The normalized spacial score (nSPS) is 10.1. The zero-order valence-corrected chi connectivity index (χ0v) is 8.71. The Labute approximate surface area is 92.3 Å². The summed E-state index contributed by atoms with van der Waals surface area (Å²) in [4.78, 5) is 11.7. The fourth-order valence-corrected chi connectivity index (χ4v) is 1.28. The molecule has 5 nitrogen and oxygen atoms in total. The zero-order valence-electron chi connectivity index (χ0n) is 8.71. The number of phenolic OH excluding ortho intramolecular Hbond substituents is 1. The summed E-state index contributed by atoms with van der Waals surface area (Å²) in [6, 6.07) is 7.74. The summed E-state index contributed by atoms with van der Waals surface area (Å²) >= 11 is 0. The molecule has 0 fully saturated rings. The molecule has 2 aromatic rings. The molecule has 5 heteroatoms. The molecule has 1 aromatic heterocycles. The second-order valence-electron chi connectivity index (χ2n) is 3.38. The lowest BCUT2D eigenvalue weighted by Crippen LogP contribution is -2.12. The van der Waals surface area contributed by atoms with Crippen molar-refractivity contribution >= 4 is 11.7 Å². The van der Waals surface area contributed by atoms with Crippen molar-refractivity contribution in [1.82, 2.24) is 9.78 Å². The van der Waals surface area contributed by atoms with Gasteiger partial charge in [0.1, 0.15) is 5.75 Å². The molecule has 2 N–H and O–H groups in total. The second kappa shape index (κ2) is 4.06. The minimum Gasteiger partial charge on any atom is -0.508 e. The minimum atomic E-state index is -0.251. The number of carbonyl (C=O) groups excluding carboxylic acids is 1. The van der Waals surface area contributed by atoms with Gasteiger partial charge < -0.3 is 10.4 Å². The first kappa shape index (κ1) is 10.2. The van der Waals surface area contributed by atoms with Gasteiger partial charge in [0.05, 0.1) is 0 Å². The van der Waals surface area contributed by atoms with Crippen LogP contribution in [0, 0.1) is 0 Å². The van der Waals surface area contributed by atoms with Crippen LogP contribution in [0.3, 0.4) is 0 Å². The van der Waals surface area contributed by atoms with E-state index < -0.39 is 0 Å². The molecule has 0 spiro atoms.